The van der Waals surface area contributed by atoms with Gasteiger partial charge in [-0.1, -0.05) is 19.4 Å². The normalized spacial score (nSPS) is 12.2. The van der Waals surface area contributed by atoms with Gasteiger partial charge in [-0.2, -0.15) is 0 Å². The molecule has 8 heteroatoms. The average molecular weight is 447 g/mol. The second-order valence-corrected chi connectivity index (χ2v) is 9.50. The number of ether oxygens (including phenoxy) is 1. The molecule has 1 N–H and O–H groups in total. The Kier molecular flexibility index (Phi) is 8.21. The van der Waals surface area contributed by atoms with E-state index in [2.05, 4.69) is 5.32 Å². The Morgan fingerprint density at radius 3 is 2.16 bits per heavy atom. The smallest absolute Gasteiger partial charge is 0.338 e. The number of amides is 1. The Balaban J connectivity index is 2.16. The fourth-order valence-electron chi connectivity index (χ4n) is 3.22. The molecule has 0 heterocycles. The van der Waals surface area contributed by atoms with Crippen LogP contribution in [-0.2, 0) is 19.6 Å². The van der Waals surface area contributed by atoms with Crippen LogP contribution in [0.25, 0.3) is 0 Å². The molecule has 0 aliphatic heterocycles. The molecule has 1 amide bonds. The van der Waals surface area contributed by atoms with Crippen LogP contribution in [0.4, 0.5) is 11.4 Å². The summed E-state index contributed by atoms with van der Waals surface area (Å²) in [4.78, 5) is 24.8. The Morgan fingerprint density at radius 1 is 1.06 bits per heavy atom. The van der Waals surface area contributed by atoms with Crippen LogP contribution in [0, 0.1) is 13.8 Å². The van der Waals surface area contributed by atoms with Crippen molar-refractivity contribution in [1.82, 2.24) is 0 Å². The third-order valence-corrected chi connectivity index (χ3v) is 5.91. The zero-order valence-electron chi connectivity index (χ0n) is 18.6. The minimum atomic E-state index is -3.71. The molecule has 2 rings (SSSR count). The van der Waals surface area contributed by atoms with Crippen LogP contribution < -0.4 is 9.62 Å². The van der Waals surface area contributed by atoms with Gasteiger partial charge in [0.2, 0.25) is 15.9 Å². The number of benzene rings is 2. The van der Waals surface area contributed by atoms with Gasteiger partial charge in [-0.15, -0.1) is 0 Å². The lowest BCUT2D eigenvalue weighted by Crippen LogP contribution is -2.45. The third-order valence-electron chi connectivity index (χ3n) is 4.67. The van der Waals surface area contributed by atoms with Crippen LogP contribution in [0.5, 0.6) is 0 Å². The van der Waals surface area contributed by atoms with Crippen LogP contribution in [0.3, 0.4) is 0 Å². The van der Waals surface area contributed by atoms with Crippen molar-refractivity contribution in [2.24, 2.45) is 0 Å². The summed E-state index contributed by atoms with van der Waals surface area (Å²) in [5.74, 6) is -0.902. The van der Waals surface area contributed by atoms with E-state index in [9.17, 15) is 18.0 Å². The van der Waals surface area contributed by atoms with E-state index in [1.807, 2.05) is 26.8 Å². The molecule has 2 aromatic carbocycles. The van der Waals surface area contributed by atoms with Crippen molar-refractivity contribution in [2.75, 3.05) is 22.5 Å². The van der Waals surface area contributed by atoms with E-state index in [0.29, 0.717) is 23.5 Å². The number of rotatable bonds is 9. The van der Waals surface area contributed by atoms with Gasteiger partial charge in [0.1, 0.15) is 6.04 Å². The molecular formula is C23H30N2O5S. The first-order valence-corrected chi connectivity index (χ1v) is 12.0. The molecule has 0 unspecified atom stereocenters. The number of carbonyl (C=O) groups excluding carboxylic acids is 2. The maximum absolute atomic E-state index is 12.8. The standard InChI is InChI=1S/C23H30N2O5S/c1-6-7-12-30-23(27)19-8-10-20(11-9-19)24-22(26)18(4)25(31(5,28)29)21-14-16(2)13-17(3)15-21/h8-11,13-15,18H,6-7,12H2,1-5H3,(H,24,26)/t18-/m1/s1. The van der Waals surface area contributed by atoms with Crippen molar-refractivity contribution >= 4 is 33.3 Å². The maximum atomic E-state index is 12.8. The van der Waals surface area contributed by atoms with E-state index in [-0.39, 0.29) is 0 Å². The molecule has 0 aliphatic carbocycles. The summed E-state index contributed by atoms with van der Waals surface area (Å²) in [7, 11) is -3.71. The monoisotopic (exact) mass is 446 g/mol. The number of sulfonamides is 1. The first-order valence-electron chi connectivity index (χ1n) is 10.2. The second kappa shape index (κ2) is 10.4. The molecule has 0 saturated carbocycles. The molecule has 1 atom stereocenters. The minimum Gasteiger partial charge on any atom is -0.462 e. The molecule has 0 aromatic heterocycles. The summed E-state index contributed by atoms with van der Waals surface area (Å²) < 4.78 is 31.2. The first-order chi connectivity index (χ1) is 14.5. The lowest BCUT2D eigenvalue weighted by Gasteiger charge is -2.28. The molecule has 168 valence electrons. The number of esters is 1. The van der Waals surface area contributed by atoms with Crippen molar-refractivity contribution in [3.63, 3.8) is 0 Å². The lowest BCUT2D eigenvalue weighted by atomic mass is 10.1. The number of unbranched alkanes of at least 4 members (excludes halogenated alkanes) is 1. The highest BCUT2D eigenvalue weighted by Gasteiger charge is 2.29. The van der Waals surface area contributed by atoms with Crippen molar-refractivity contribution in [3.8, 4) is 0 Å². The predicted molar refractivity (Wildman–Crippen MR) is 123 cm³/mol. The summed E-state index contributed by atoms with van der Waals surface area (Å²) in [6, 6.07) is 10.7. The SMILES string of the molecule is CCCCOC(=O)c1ccc(NC(=O)[C@@H](C)N(c2cc(C)cc(C)c2)S(C)(=O)=O)cc1. The largest absolute Gasteiger partial charge is 0.462 e. The molecule has 0 fully saturated rings. The predicted octanol–water partition coefficient (Wildman–Crippen LogP) is 4.05. The Hall–Kier alpha value is -2.87. The van der Waals surface area contributed by atoms with E-state index in [0.717, 1.165) is 34.5 Å². The van der Waals surface area contributed by atoms with Gasteiger partial charge >= 0.3 is 5.97 Å². The summed E-state index contributed by atoms with van der Waals surface area (Å²) in [5.41, 5.74) is 3.08. The first kappa shape index (κ1) is 24.4. The highest BCUT2D eigenvalue weighted by molar-refractivity contribution is 7.92. The van der Waals surface area contributed by atoms with Crippen molar-refractivity contribution in [1.29, 1.82) is 0 Å². The highest BCUT2D eigenvalue weighted by atomic mass is 32.2. The molecule has 2 aromatic rings. The Morgan fingerprint density at radius 2 is 1.65 bits per heavy atom. The van der Waals surface area contributed by atoms with E-state index >= 15 is 0 Å². The maximum Gasteiger partial charge on any atom is 0.338 e. The highest BCUT2D eigenvalue weighted by Crippen LogP contribution is 2.24. The van der Waals surface area contributed by atoms with E-state index < -0.39 is 27.9 Å². The second-order valence-electron chi connectivity index (χ2n) is 7.64. The Bertz CT molecular complexity index is 1010. The van der Waals surface area contributed by atoms with Crippen molar-refractivity contribution in [3.05, 3.63) is 59.2 Å². The number of aryl methyl sites for hydroxylation is 2. The zero-order valence-corrected chi connectivity index (χ0v) is 19.5. The summed E-state index contributed by atoms with van der Waals surface area (Å²) >= 11 is 0. The molecule has 0 radical (unpaired) electrons. The summed E-state index contributed by atoms with van der Waals surface area (Å²) in [5, 5.41) is 2.71. The van der Waals surface area contributed by atoms with Crippen LogP contribution in [0.15, 0.2) is 42.5 Å². The van der Waals surface area contributed by atoms with Crippen molar-refractivity contribution < 1.29 is 22.7 Å². The fraction of sp³-hybridized carbons (Fsp3) is 0.391. The topological polar surface area (TPSA) is 92.8 Å². The number of hydrogen-bond acceptors (Lipinski definition) is 5. The molecule has 0 aliphatic rings. The fourth-order valence-corrected chi connectivity index (χ4v) is 4.37. The molecule has 31 heavy (non-hydrogen) atoms. The lowest BCUT2D eigenvalue weighted by molar-refractivity contribution is -0.116. The van der Waals surface area contributed by atoms with Gasteiger partial charge in [-0.25, -0.2) is 13.2 Å². The molecule has 0 saturated heterocycles. The van der Waals surface area contributed by atoms with Crippen LogP contribution >= 0.6 is 0 Å². The number of anilines is 2. The summed E-state index contributed by atoms with van der Waals surface area (Å²) in [6.45, 7) is 7.66. The van der Waals surface area contributed by atoms with Crippen molar-refractivity contribution in [2.45, 2.75) is 46.6 Å². The number of hydrogen-bond donors (Lipinski definition) is 1. The number of nitrogens with one attached hydrogen (secondary N) is 1. The molecular weight excluding hydrogens is 416 g/mol. The quantitative estimate of drug-likeness (QED) is 0.463. The van der Waals surface area contributed by atoms with Gasteiger partial charge in [0.05, 0.1) is 24.1 Å². The van der Waals surface area contributed by atoms with Crippen LogP contribution in [0.2, 0.25) is 0 Å². The van der Waals surface area contributed by atoms with E-state index in [4.69, 9.17) is 4.74 Å². The summed E-state index contributed by atoms with van der Waals surface area (Å²) in [6.07, 6.45) is 2.81. The Labute approximate surface area is 184 Å². The zero-order chi connectivity index (χ0) is 23.2. The number of carbonyl (C=O) groups is 2. The minimum absolute atomic E-state index is 0.366. The van der Waals surface area contributed by atoms with Gasteiger partial charge < -0.3 is 10.1 Å². The van der Waals surface area contributed by atoms with Gasteiger partial charge in [0, 0.05) is 5.69 Å². The van der Waals surface area contributed by atoms with Gasteiger partial charge in [0.15, 0.2) is 0 Å². The van der Waals surface area contributed by atoms with Gasteiger partial charge in [-0.05, 0) is 74.7 Å². The van der Waals surface area contributed by atoms with Gasteiger partial charge in [0.25, 0.3) is 0 Å². The third kappa shape index (κ3) is 6.82. The number of nitrogens with zero attached hydrogens (tertiary/aromatic N) is 1. The van der Waals surface area contributed by atoms with Crippen LogP contribution in [-0.4, -0.2) is 39.2 Å². The molecule has 0 bridgehead atoms. The van der Waals surface area contributed by atoms with E-state index in [1.54, 1.807) is 36.4 Å². The van der Waals surface area contributed by atoms with Crippen LogP contribution in [0.1, 0.15) is 48.2 Å². The molecule has 0 spiro atoms. The molecule has 7 nitrogen and oxygen atoms in total. The van der Waals surface area contributed by atoms with E-state index in [1.165, 1.54) is 6.92 Å². The average Bonchev–Trinajstić information content (AvgIpc) is 2.66. The van der Waals surface area contributed by atoms with Gasteiger partial charge in [-0.3, -0.25) is 9.10 Å².